The number of esters is 1. The zero-order valence-electron chi connectivity index (χ0n) is 17.0. The summed E-state index contributed by atoms with van der Waals surface area (Å²) in [5.41, 5.74) is 1.81. The molecule has 1 heterocycles. The minimum atomic E-state index is -1.12. The van der Waals surface area contributed by atoms with Crippen molar-refractivity contribution in [2.75, 3.05) is 19.8 Å². The Labute approximate surface area is 182 Å². The summed E-state index contributed by atoms with van der Waals surface area (Å²) in [4.78, 5) is 27.6. The van der Waals surface area contributed by atoms with Crippen LogP contribution in [0.1, 0.15) is 19.4 Å². The molecule has 3 aromatic rings. The molecule has 1 N–H and O–H groups in total. The standard InChI is InChI=1S/C22H21NO7S/c1-3-27-18-11-14(9-10-17(18)29-13-20(24)28-4-2)12-19(21(25)26)31-22-23-15-7-5-6-8-16(15)30-22/h5-12H,3-4,13H2,1-2H3,(H,25,26)/b19-12-. The number of para-hydroxylation sites is 2. The van der Waals surface area contributed by atoms with Gasteiger partial charge in [0.05, 0.1) is 13.2 Å². The molecule has 0 saturated carbocycles. The monoisotopic (exact) mass is 443 g/mol. The van der Waals surface area contributed by atoms with E-state index in [1.165, 1.54) is 6.08 Å². The average molecular weight is 443 g/mol. The summed E-state index contributed by atoms with van der Waals surface area (Å²) < 4.78 is 21.5. The summed E-state index contributed by atoms with van der Waals surface area (Å²) in [5.74, 6) is -0.864. The first kappa shape index (κ1) is 22.2. The van der Waals surface area contributed by atoms with E-state index in [1.54, 1.807) is 37.3 Å². The lowest BCUT2D eigenvalue weighted by atomic mass is 10.2. The molecule has 0 aliphatic carbocycles. The van der Waals surface area contributed by atoms with E-state index in [1.807, 2.05) is 19.1 Å². The van der Waals surface area contributed by atoms with Crippen LogP contribution < -0.4 is 9.47 Å². The second-order valence-electron chi connectivity index (χ2n) is 6.10. The molecule has 0 fully saturated rings. The van der Waals surface area contributed by atoms with Crippen molar-refractivity contribution in [3.63, 3.8) is 0 Å². The van der Waals surface area contributed by atoms with Gasteiger partial charge < -0.3 is 23.7 Å². The fourth-order valence-corrected chi connectivity index (χ4v) is 3.36. The first-order valence-corrected chi connectivity index (χ1v) is 10.4. The number of rotatable bonds is 10. The zero-order chi connectivity index (χ0) is 22.2. The molecule has 0 bridgehead atoms. The van der Waals surface area contributed by atoms with Gasteiger partial charge in [0.15, 0.2) is 23.7 Å². The highest BCUT2D eigenvalue weighted by Crippen LogP contribution is 2.33. The van der Waals surface area contributed by atoms with E-state index >= 15 is 0 Å². The predicted molar refractivity (Wildman–Crippen MR) is 115 cm³/mol. The summed E-state index contributed by atoms with van der Waals surface area (Å²) in [7, 11) is 0. The van der Waals surface area contributed by atoms with Gasteiger partial charge in [0.1, 0.15) is 10.4 Å². The summed E-state index contributed by atoms with van der Waals surface area (Å²) in [6.07, 6.45) is 1.49. The number of hydrogen-bond acceptors (Lipinski definition) is 8. The molecule has 8 nitrogen and oxygen atoms in total. The number of fused-ring (bicyclic) bond motifs is 1. The molecule has 0 aliphatic heterocycles. The van der Waals surface area contributed by atoms with Crippen molar-refractivity contribution >= 4 is 40.9 Å². The zero-order valence-corrected chi connectivity index (χ0v) is 17.8. The van der Waals surface area contributed by atoms with E-state index in [0.717, 1.165) is 11.8 Å². The van der Waals surface area contributed by atoms with Crippen LogP contribution >= 0.6 is 11.8 Å². The average Bonchev–Trinajstić information content (AvgIpc) is 3.15. The van der Waals surface area contributed by atoms with Gasteiger partial charge in [-0.1, -0.05) is 18.2 Å². The molecule has 2 aromatic carbocycles. The second kappa shape index (κ2) is 10.5. The Morgan fingerprint density at radius 2 is 1.90 bits per heavy atom. The molecule has 162 valence electrons. The molecule has 31 heavy (non-hydrogen) atoms. The number of carboxylic acid groups (broad SMARTS) is 1. The topological polar surface area (TPSA) is 108 Å². The van der Waals surface area contributed by atoms with E-state index in [-0.39, 0.29) is 23.3 Å². The van der Waals surface area contributed by atoms with Gasteiger partial charge in [-0.15, -0.1) is 0 Å². The van der Waals surface area contributed by atoms with Gasteiger partial charge in [0.2, 0.25) is 0 Å². The van der Waals surface area contributed by atoms with Crippen molar-refractivity contribution in [3.8, 4) is 11.5 Å². The summed E-state index contributed by atoms with van der Waals surface area (Å²) in [6.45, 7) is 3.90. The van der Waals surface area contributed by atoms with Crippen LogP contribution in [0, 0.1) is 0 Å². The van der Waals surface area contributed by atoms with Crippen molar-refractivity contribution in [1.29, 1.82) is 0 Å². The molecule has 0 atom stereocenters. The molecule has 0 unspecified atom stereocenters. The fraction of sp³-hybridized carbons (Fsp3) is 0.227. The Balaban J connectivity index is 1.83. The maximum absolute atomic E-state index is 11.8. The molecule has 1 aromatic heterocycles. The highest BCUT2D eigenvalue weighted by atomic mass is 32.2. The lowest BCUT2D eigenvalue weighted by Crippen LogP contribution is -2.15. The van der Waals surface area contributed by atoms with Crippen LogP contribution in [0.3, 0.4) is 0 Å². The smallest absolute Gasteiger partial charge is 0.344 e. The van der Waals surface area contributed by atoms with Crippen LogP contribution in [-0.2, 0) is 14.3 Å². The third-order valence-electron chi connectivity index (χ3n) is 3.90. The molecule has 3 rings (SSSR count). The molecule has 0 saturated heterocycles. The SMILES string of the molecule is CCOC(=O)COc1ccc(/C=C(\Sc2nc3ccccc3o2)C(=O)O)cc1OCC. The van der Waals surface area contributed by atoms with Crippen LogP contribution in [-0.4, -0.2) is 41.8 Å². The van der Waals surface area contributed by atoms with Crippen molar-refractivity contribution in [3.05, 3.63) is 52.9 Å². The maximum atomic E-state index is 11.8. The molecule has 0 spiro atoms. The lowest BCUT2D eigenvalue weighted by Gasteiger charge is -2.12. The number of aliphatic carboxylic acids is 1. The fourth-order valence-electron chi connectivity index (χ4n) is 2.62. The largest absolute Gasteiger partial charge is 0.490 e. The predicted octanol–water partition coefficient (Wildman–Crippen LogP) is 4.39. The van der Waals surface area contributed by atoms with Crippen molar-refractivity contribution in [2.24, 2.45) is 0 Å². The number of benzene rings is 2. The number of carboxylic acids is 1. The Morgan fingerprint density at radius 1 is 1.10 bits per heavy atom. The Morgan fingerprint density at radius 3 is 2.61 bits per heavy atom. The van der Waals surface area contributed by atoms with E-state index in [9.17, 15) is 14.7 Å². The van der Waals surface area contributed by atoms with E-state index in [2.05, 4.69) is 4.98 Å². The number of hydrogen-bond donors (Lipinski definition) is 1. The second-order valence-corrected chi connectivity index (χ2v) is 7.09. The Bertz CT molecular complexity index is 1070. The van der Waals surface area contributed by atoms with Crippen LogP contribution in [0.15, 0.2) is 57.0 Å². The number of carbonyl (C=O) groups excluding carboxylic acids is 1. The van der Waals surface area contributed by atoms with Crippen molar-refractivity contribution in [1.82, 2.24) is 4.98 Å². The molecular formula is C22H21NO7S. The Hall–Kier alpha value is -3.46. The van der Waals surface area contributed by atoms with Crippen LogP contribution in [0.5, 0.6) is 11.5 Å². The van der Waals surface area contributed by atoms with E-state index < -0.39 is 11.9 Å². The number of ether oxygens (including phenoxy) is 3. The van der Waals surface area contributed by atoms with Gasteiger partial charge in [0, 0.05) is 0 Å². The van der Waals surface area contributed by atoms with Crippen molar-refractivity contribution < 1.29 is 33.3 Å². The van der Waals surface area contributed by atoms with E-state index in [4.69, 9.17) is 18.6 Å². The Kier molecular flexibility index (Phi) is 7.55. The normalized spacial score (nSPS) is 11.4. The maximum Gasteiger partial charge on any atom is 0.344 e. The number of thioether (sulfide) groups is 1. The lowest BCUT2D eigenvalue weighted by molar-refractivity contribution is -0.145. The third-order valence-corrected chi connectivity index (χ3v) is 4.76. The summed E-state index contributed by atoms with van der Waals surface area (Å²) >= 11 is 0.911. The minimum absolute atomic E-state index is 0.0224. The van der Waals surface area contributed by atoms with Crippen LogP contribution in [0.2, 0.25) is 0 Å². The van der Waals surface area contributed by atoms with Crippen molar-refractivity contribution in [2.45, 2.75) is 19.1 Å². The molecule has 9 heteroatoms. The quantitative estimate of drug-likeness (QED) is 0.277. The van der Waals surface area contributed by atoms with Gasteiger partial charge in [-0.25, -0.2) is 14.6 Å². The number of nitrogens with zero attached hydrogens (tertiary/aromatic N) is 1. The van der Waals surface area contributed by atoms with Gasteiger partial charge in [-0.3, -0.25) is 0 Å². The highest BCUT2D eigenvalue weighted by Gasteiger charge is 2.16. The molecule has 0 aliphatic rings. The molecule has 0 radical (unpaired) electrons. The van der Waals surface area contributed by atoms with Gasteiger partial charge in [0.25, 0.3) is 5.22 Å². The number of oxazole rings is 1. The third kappa shape index (κ3) is 6.02. The number of aromatic nitrogens is 1. The van der Waals surface area contributed by atoms with Gasteiger partial charge in [-0.05, 0) is 61.5 Å². The minimum Gasteiger partial charge on any atom is -0.490 e. The summed E-state index contributed by atoms with van der Waals surface area (Å²) in [5, 5.41) is 9.86. The summed E-state index contributed by atoms with van der Waals surface area (Å²) in [6, 6.07) is 12.1. The van der Waals surface area contributed by atoms with E-state index in [0.29, 0.717) is 34.8 Å². The first-order valence-electron chi connectivity index (χ1n) is 9.53. The molecule has 0 amide bonds. The first-order chi connectivity index (χ1) is 15.0. The highest BCUT2D eigenvalue weighted by molar-refractivity contribution is 8.03. The molecular weight excluding hydrogens is 422 g/mol. The van der Waals surface area contributed by atoms with Crippen LogP contribution in [0.4, 0.5) is 0 Å². The van der Waals surface area contributed by atoms with Gasteiger partial charge >= 0.3 is 11.9 Å². The van der Waals surface area contributed by atoms with Crippen LogP contribution in [0.25, 0.3) is 17.2 Å². The number of carbonyl (C=O) groups is 2. The van der Waals surface area contributed by atoms with Gasteiger partial charge in [-0.2, -0.15) is 0 Å².